The first kappa shape index (κ1) is 20.8. The highest BCUT2D eigenvalue weighted by molar-refractivity contribution is 7.13. The van der Waals surface area contributed by atoms with Crippen LogP contribution in [0, 0.1) is 6.92 Å². The first-order chi connectivity index (χ1) is 14.0. The van der Waals surface area contributed by atoms with Gasteiger partial charge in [0.25, 0.3) is 5.91 Å². The summed E-state index contributed by atoms with van der Waals surface area (Å²) in [4.78, 5) is 19.1. The molecule has 1 aromatic heterocycles. The minimum atomic E-state index is -0.161. The number of amides is 1. The lowest BCUT2D eigenvalue weighted by molar-refractivity contribution is 0.0706. The number of ether oxygens (including phenoxy) is 2. The van der Waals surface area contributed by atoms with E-state index in [9.17, 15) is 9.90 Å². The number of benzene rings is 2. The number of carbonyl (C=O) groups excluding carboxylic acids is 1. The molecule has 1 heterocycles. The first-order valence-electron chi connectivity index (χ1n) is 9.19. The average Bonchev–Trinajstić information content (AvgIpc) is 3.19. The van der Waals surface area contributed by atoms with Gasteiger partial charge in [0, 0.05) is 40.9 Å². The van der Waals surface area contributed by atoms with Crippen LogP contribution in [0.15, 0.2) is 47.8 Å². The van der Waals surface area contributed by atoms with E-state index in [4.69, 9.17) is 9.47 Å². The van der Waals surface area contributed by atoms with Gasteiger partial charge in [-0.15, -0.1) is 11.3 Å². The van der Waals surface area contributed by atoms with Crippen LogP contribution in [0.5, 0.6) is 11.5 Å². The highest BCUT2D eigenvalue weighted by Gasteiger charge is 2.18. The highest BCUT2D eigenvalue weighted by Crippen LogP contribution is 2.27. The van der Waals surface area contributed by atoms with E-state index in [-0.39, 0.29) is 19.1 Å². The van der Waals surface area contributed by atoms with Crippen molar-refractivity contribution in [2.24, 2.45) is 0 Å². The van der Waals surface area contributed by atoms with Gasteiger partial charge in [-0.1, -0.05) is 12.1 Å². The van der Waals surface area contributed by atoms with Gasteiger partial charge < -0.3 is 19.5 Å². The van der Waals surface area contributed by atoms with Crippen molar-refractivity contribution in [3.8, 4) is 22.1 Å². The minimum absolute atomic E-state index is 0.130. The monoisotopic (exact) mass is 412 g/mol. The molecular formula is C22H24N2O4S. The Morgan fingerprint density at radius 2 is 1.90 bits per heavy atom. The molecule has 0 saturated carbocycles. The fourth-order valence-corrected chi connectivity index (χ4v) is 3.81. The third-order valence-corrected chi connectivity index (χ3v) is 5.51. The molecule has 2 aromatic carbocycles. The second-order valence-electron chi connectivity index (χ2n) is 6.50. The van der Waals surface area contributed by atoms with E-state index in [0.29, 0.717) is 23.6 Å². The summed E-state index contributed by atoms with van der Waals surface area (Å²) in [5, 5.41) is 12.4. The van der Waals surface area contributed by atoms with Crippen LogP contribution in [-0.4, -0.2) is 48.3 Å². The molecule has 152 valence electrons. The van der Waals surface area contributed by atoms with Crippen LogP contribution >= 0.6 is 11.3 Å². The predicted molar refractivity (Wildman–Crippen MR) is 114 cm³/mol. The molecule has 3 aromatic rings. The molecule has 1 N–H and O–H groups in total. The number of nitrogens with zero attached hydrogens (tertiary/aromatic N) is 2. The van der Waals surface area contributed by atoms with Crippen molar-refractivity contribution in [2.75, 3.05) is 27.4 Å². The summed E-state index contributed by atoms with van der Waals surface area (Å²) >= 11 is 1.58. The number of aliphatic hydroxyl groups is 1. The van der Waals surface area contributed by atoms with Crippen LogP contribution in [0.25, 0.3) is 10.6 Å². The van der Waals surface area contributed by atoms with Crippen LogP contribution < -0.4 is 9.47 Å². The van der Waals surface area contributed by atoms with Gasteiger partial charge >= 0.3 is 0 Å². The molecule has 3 rings (SSSR count). The molecule has 0 atom stereocenters. The Morgan fingerprint density at radius 3 is 2.48 bits per heavy atom. The van der Waals surface area contributed by atoms with E-state index in [1.54, 1.807) is 54.7 Å². The number of aromatic nitrogens is 1. The molecule has 0 saturated heterocycles. The maximum Gasteiger partial charge on any atom is 0.254 e. The third-order valence-electron chi connectivity index (χ3n) is 4.50. The number of aryl methyl sites for hydroxylation is 1. The third kappa shape index (κ3) is 4.93. The molecule has 6 nitrogen and oxygen atoms in total. The summed E-state index contributed by atoms with van der Waals surface area (Å²) in [5.41, 5.74) is 3.32. The standard InChI is InChI=1S/C22H24N2O4S/c1-15-14-29-21(23-15)16-4-6-17(7-5-16)22(26)24(10-11-25)13-18-12-19(27-2)8-9-20(18)28-3/h4-9,12,14,25H,10-11,13H2,1-3H3. The summed E-state index contributed by atoms with van der Waals surface area (Å²) in [7, 11) is 3.18. The van der Waals surface area contributed by atoms with Gasteiger partial charge in [-0.2, -0.15) is 0 Å². The minimum Gasteiger partial charge on any atom is -0.497 e. The Bertz CT molecular complexity index is 969. The molecule has 0 bridgehead atoms. The smallest absolute Gasteiger partial charge is 0.254 e. The Labute approximate surface area is 174 Å². The van der Waals surface area contributed by atoms with Gasteiger partial charge in [0.15, 0.2) is 0 Å². The molecule has 0 aliphatic rings. The number of aliphatic hydroxyl groups excluding tert-OH is 1. The van der Waals surface area contributed by atoms with E-state index in [2.05, 4.69) is 4.98 Å². The average molecular weight is 413 g/mol. The maximum atomic E-state index is 13.1. The van der Waals surface area contributed by atoms with Crippen molar-refractivity contribution in [1.82, 2.24) is 9.88 Å². The molecule has 0 aliphatic carbocycles. The van der Waals surface area contributed by atoms with Gasteiger partial charge in [0.2, 0.25) is 0 Å². The van der Waals surface area contributed by atoms with E-state index in [1.165, 1.54) is 0 Å². The molecule has 0 aliphatic heterocycles. The van der Waals surface area contributed by atoms with Gasteiger partial charge in [0.05, 0.1) is 20.8 Å². The number of methoxy groups -OCH3 is 2. The van der Waals surface area contributed by atoms with Crippen LogP contribution in [0.4, 0.5) is 0 Å². The number of hydrogen-bond acceptors (Lipinski definition) is 6. The Hall–Kier alpha value is -2.90. The van der Waals surface area contributed by atoms with E-state index in [1.807, 2.05) is 30.5 Å². The second-order valence-corrected chi connectivity index (χ2v) is 7.36. The van der Waals surface area contributed by atoms with Gasteiger partial charge in [-0.3, -0.25) is 4.79 Å². The fourth-order valence-electron chi connectivity index (χ4n) is 3.01. The molecule has 7 heteroatoms. The molecule has 0 radical (unpaired) electrons. The van der Waals surface area contributed by atoms with Crippen molar-refractivity contribution >= 4 is 17.2 Å². The molecule has 0 fully saturated rings. The molecule has 0 unspecified atom stereocenters. The van der Waals surface area contributed by atoms with E-state index < -0.39 is 0 Å². The lowest BCUT2D eigenvalue weighted by atomic mass is 10.1. The highest BCUT2D eigenvalue weighted by atomic mass is 32.1. The van der Waals surface area contributed by atoms with Crippen molar-refractivity contribution in [2.45, 2.75) is 13.5 Å². The molecule has 29 heavy (non-hydrogen) atoms. The van der Waals surface area contributed by atoms with Gasteiger partial charge in [-0.25, -0.2) is 4.98 Å². The van der Waals surface area contributed by atoms with Crippen LogP contribution in [0.2, 0.25) is 0 Å². The fraction of sp³-hybridized carbons (Fsp3) is 0.273. The Kier molecular flexibility index (Phi) is 6.85. The zero-order chi connectivity index (χ0) is 20.8. The van der Waals surface area contributed by atoms with Crippen LogP contribution in [0.3, 0.4) is 0 Å². The lowest BCUT2D eigenvalue weighted by Crippen LogP contribution is -2.33. The summed E-state index contributed by atoms with van der Waals surface area (Å²) in [5.74, 6) is 1.18. The first-order valence-corrected chi connectivity index (χ1v) is 10.1. The van der Waals surface area contributed by atoms with Crippen molar-refractivity contribution in [3.05, 3.63) is 64.7 Å². The summed E-state index contributed by atoms with van der Waals surface area (Å²) < 4.78 is 10.7. The van der Waals surface area contributed by atoms with Crippen molar-refractivity contribution < 1.29 is 19.4 Å². The Balaban J connectivity index is 1.82. The maximum absolute atomic E-state index is 13.1. The van der Waals surface area contributed by atoms with Gasteiger partial charge in [0.1, 0.15) is 16.5 Å². The van der Waals surface area contributed by atoms with E-state index in [0.717, 1.165) is 21.8 Å². The summed E-state index contributed by atoms with van der Waals surface area (Å²) in [6.07, 6.45) is 0. The topological polar surface area (TPSA) is 71.9 Å². The van der Waals surface area contributed by atoms with E-state index >= 15 is 0 Å². The Morgan fingerprint density at radius 1 is 1.14 bits per heavy atom. The van der Waals surface area contributed by atoms with Crippen LogP contribution in [-0.2, 0) is 6.54 Å². The summed E-state index contributed by atoms with van der Waals surface area (Å²) in [6, 6.07) is 12.8. The summed E-state index contributed by atoms with van der Waals surface area (Å²) in [6.45, 7) is 2.34. The number of carbonyl (C=O) groups is 1. The molecule has 1 amide bonds. The number of hydrogen-bond donors (Lipinski definition) is 1. The zero-order valence-corrected chi connectivity index (χ0v) is 17.5. The quantitative estimate of drug-likeness (QED) is 0.610. The normalized spacial score (nSPS) is 10.6. The van der Waals surface area contributed by atoms with Crippen LogP contribution in [0.1, 0.15) is 21.6 Å². The second kappa shape index (κ2) is 9.54. The zero-order valence-electron chi connectivity index (χ0n) is 16.7. The van der Waals surface area contributed by atoms with Gasteiger partial charge in [-0.05, 0) is 37.3 Å². The van der Waals surface area contributed by atoms with Crippen molar-refractivity contribution in [3.63, 3.8) is 0 Å². The number of rotatable bonds is 8. The molecular weight excluding hydrogens is 388 g/mol. The number of thiazole rings is 1. The van der Waals surface area contributed by atoms with Crippen molar-refractivity contribution in [1.29, 1.82) is 0 Å². The SMILES string of the molecule is COc1ccc(OC)c(CN(CCO)C(=O)c2ccc(-c3nc(C)cs3)cc2)c1. The largest absolute Gasteiger partial charge is 0.497 e. The predicted octanol–water partition coefficient (Wildman–Crippen LogP) is 3.77. The molecule has 0 spiro atoms. The lowest BCUT2D eigenvalue weighted by Gasteiger charge is -2.23.